The van der Waals surface area contributed by atoms with Crippen molar-refractivity contribution in [2.75, 3.05) is 12.8 Å². The molecule has 0 amide bonds. The third kappa shape index (κ3) is 3.74. The summed E-state index contributed by atoms with van der Waals surface area (Å²) in [6.45, 7) is 3.93. The van der Waals surface area contributed by atoms with Gasteiger partial charge in [-0.25, -0.2) is 0 Å². The van der Waals surface area contributed by atoms with Gasteiger partial charge in [0.25, 0.3) is 0 Å². The van der Waals surface area contributed by atoms with E-state index in [2.05, 4.69) is 0 Å². The molecule has 90 valence electrons. The largest absolute Gasteiger partial charge is 1.00 e. The van der Waals surface area contributed by atoms with Crippen molar-refractivity contribution in [1.29, 1.82) is 0 Å². The minimum atomic E-state index is 0. The third-order valence-electron chi connectivity index (χ3n) is 2.68. The zero-order valence-corrected chi connectivity index (χ0v) is 10.5. The van der Waals surface area contributed by atoms with E-state index < -0.39 is 0 Å². The van der Waals surface area contributed by atoms with Gasteiger partial charge in [-0.3, -0.25) is 4.79 Å². The Morgan fingerprint density at radius 2 is 1.62 bits per heavy atom. The fourth-order valence-electron chi connectivity index (χ4n) is 1.20. The summed E-state index contributed by atoms with van der Waals surface area (Å²) in [5.41, 5.74) is 6.19. The number of para-hydroxylation sites is 2. The van der Waals surface area contributed by atoms with Crippen LogP contribution in [0.1, 0.15) is 13.8 Å². The van der Waals surface area contributed by atoms with E-state index in [9.17, 15) is 4.79 Å². The van der Waals surface area contributed by atoms with E-state index in [4.69, 9.17) is 10.5 Å². The topological polar surface area (TPSA) is 52.3 Å². The number of methoxy groups -OCH3 is 1. The summed E-state index contributed by atoms with van der Waals surface area (Å²) >= 11 is 0. The molecule has 0 spiro atoms. The minimum Gasteiger partial charge on any atom is -1.00 e. The molecule has 2 unspecified atom stereocenters. The number of ether oxygens (including phenoxy) is 1. The molecule has 1 fully saturated rings. The number of hydrogen-bond donors (Lipinski definition) is 1. The zero-order valence-electron chi connectivity index (χ0n) is 9.74. The van der Waals surface area contributed by atoms with Crippen molar-refractivity contribution >= 4 is 11.5 Å². The minimum absolute atomic E-state index is 0. The van der Waals surface area contributed by atoms with Gasteiger partial charge in [0.15, 0.2) is 0 Å². The number of Topliss-reactive ketones (excluding diaryl/α,β-unsaturated/α-hetero) is 1. The van der Waals surface area contributed by atoms with Gasteiger partial charge in [-0.2, -0.15) is 0 Å². The van der Waals surface area contributed by atoms with E-state index >= 15 is 0 Å². The van der Waals surface area contributed by atoms with E-state index in [1.807, 2.05) is 32.0 Å². The van der Waals surface area contributed by atoms with Gasteiger partial charge in [0.1, 0.15) is 11.5 Å². The molecule has 2 atom stereocenters. The molecule has 0 bridgehead atoms. The monoisotopic (exact) mass is 242 g/mol. The van der Waals surface area contributed by atoms with Gasteiger partial charge in [-0.1, -0.05) is 26.0 Å². The molecule has 1 aromatic rings. The van der Waals surface area contributed by atoms with Gasteiger partial charge in [0.05, 0.1) is 12.8 Å². The van der Waals surface area contributed by atoms with Crippen molar-refractivity contribution in [3.63, 3.8) is 0 Å². The highest BCUT2D eigenvalue weighted by Gasteiger charge is 2.40. The first-order chi connectivity index (χ1) is 7.07. The number of carbonyl (C=O) groups excluding carboxylic acids is 1. The second-order valence-corrected chi connectivity index (χ2v) is 3.72. The predicted octanol–water partition coefficient (Wildman–Crippen LogP) is -0.877. The van der Waals surface area contributed by atoms with Gasteiger partial charge in [0, 0.05) is 11.8 Å². The molecule has 0 radical (unpaired) electrons. The smallest absolute Gasteiger partial charge is 0.141 e. The normalized spacial score (nSPS) is 21.3. The number of nitrogen functional groups attached to an aromatic ring is 1. The maximum atomic E-state index is 10.2. The number of halogens is 1. The van der Waals surface area contributed by atoms with Crippen LogP contribution in [0.4, 0.5) is 5.69 Å². The predicted molar refractivity (Wildman–Crippen MR) is 60.7 cm³/mol. The standard InChI is InChI=1S/C7H9NO.C5H8O.ClH/c1-9-7-5-3-2-4-6(7)8;1-3-4(2)5(3)6;/h2-5H,8H2,1H3;3-4H,1-2H3;1H/p-1. The summed E-state index contributed by atoms with van der Waals surface area (Å²) in [5, 5.41) is 0. The molecule has 1 aliphatic carbocycles. The third-order valence-corrected chi connectivity index (χ3v) is 2.68. The molecule has 0 saturated heterocycles. The van der Waals surface area contributed by atoms with Crippen LogP contribution in [-0.4, -0.2) is 12.9 Å². The van der Waals surface area contributed by atoms with Crippen molar-refractivity contribution in [1.82, 2.24) is 0 Å². The van der Waals surface area contributed by atoms with Crippen LogP contribution >= 0.6 is 0 Å². The molecule has 4 heteroatoms. The summed E-state index contributed by atoms with van der Waals surface area (Å²) in [6.07, 6.45) is 0. The van der Waals surface area contributed by atoms with Crippen molar-refractivity contribution in [2.24, 2.45) is 11.8 Å². The van der Waals surface area contributed by atoms with Crippen molar-refractivity contribution < 1.29 is 21.9 Å². The quantitative estimate of drug-likeness (QED) is 0.651. The van der Waals surface area contributed by atoms with E-state index in [1.165, 1.54) is 0 Å². The van der Waals surface area contributed by atoms with Gasteiger partial charge < -0.3 is 22.9 Å². The lowest BCUT2D eigenvalue weighted by atomic mass is 10.3. The average molecular weight is 243 g/mol. The Labute approximate surface area is 102 Å². The Morgan fingerprint density at radius 1 is 1.19 bits per heavy atom. The van der Waals surface area contributed by atoms with E-state index in [0.29, 0.717) is 23.3 Å². The lowest BCUT2D eigenvalue weighted by Crippen LogP contribution is -3.00. The van der Waals surface area contributed by atoms with Gasteiger partial charge in [0.2, 0.25) is 0 Å². The second kappa shape index (κ2) is 6.38. The molecule has 1 aromatic carbocycles. The zero-order chi connectivity index (χ0) is 11.4. The molecule has 0 aromatic heterocycles. The Hall–Kier alpha value is -1.22. The highest BCUT2D eigenvalue weighted by Crippen LogP contribution is 2.31. The molecule has 2 N–H and O–H groups in total. The average Bonchev–Trinajstić information content (AvgIpc) is 2.76. The number of nitrogens with two attached hydrogens (primary N) is 1. The molecule has 1 aliphatic rings. The summed E-state index contributed by atoms with van der Waals surface area (Å²) in [4.78, 5) is 10.2. The van der Waals surface area contributed by atoms with Crippen LogP contribution in [0.15, 0.2) is 24.3 Å². The molecule has 16 heavy (non-hydrogen) atoms. The van der Waals surface area contributed by atoms with Crippen LogP contribution in [0.2, 0.25) is 0 Å². The number of hydrogen-bond acceptors (Lipinski definition) is 3. The maximum Gasteiger partial charge on any atom is 0.141 e. The van der Waals surface area contributed by atoms with Crippen LogP contribution in [-0.2, 0) is 4.79 Å². The molecule has 3 nitrogen and oxygen atoms in total. The van der Waals surface area contributed by atoms with Crippen molar-refractivity contribution in [3.8, 4) is 5.75 Å². The van der Waals surface area contributed by atoms with Crippen molar-refractivity contribution in [3.05, 3.63) is 24.3 Å². The van der Waals surface area contributed by atoms with Crippen LogP contribution in [0.25, 0.3) is 0 Å². The molecule has 0 heterocycles. The molecule has 1 saturated carbocycles. The highest BCUT2D eigenvalue weighted by atomic mass is 35.5. The summed E-state index contributed by atoms with van der Waals surface area (Å²) in [6, 6.07) is 7.39. The van der Waals surface area contributed by atoms with Crippen LogP contribution in [0, 0.1) is 11.8 Å². The lowest BCUT2D eigenvalue weighted by molar-refractivity contribution is -0.111. The Balaban J connectivity index is 0.000000283. The Kier molecular flexibility index (Phi) is 5.89. The summed E-state index contributed by atoms with van der Waals surface area (Å²) in [5.74, 6) is 1.92. The van der Waals surface area contributed by atoms with Crippen LogP contribution < -0.4 is 22.9 Å². The number of ketones is 1. The lowest BCUT2D eigenvalue weighted by Gasteiger charge is -2.00. The Bertz CT molecular complexity index is 345. The van der Waals surface area contributed by atoms with E-state index in [0.717, 1.165) is 5.75 Å². The Morgan fingerprint density at radius 3 is 1.88 bits per heavy atom. The SMILES string of the molecule is CC1C(=O)C1C.COc1ccccc1N.[Cl-]. The number of anilines is 1. The van der Waals surface area contributed by atoms with Gasteiger partial charge in [-0.05, 0) is 12.1 Å². The van der Waals surface area contributed by atoms with E-state index in [1.54, 1.807) is 13.2 Å². The van der Waals surface area contributed by atoms with Crippen LogP contribution in [0.5, 0.6) is 5.75 Å². The first-order valence-electron chi connectivity index (χ1n) is 5.00. The first-order valence-corrected chi connectivity index (χ1v) is 5.00. The van der Waals surface area contributed by atoms with E-state index in [-0.39, 0.29) is 12.4 Å². The van der Waals surface area contributed by atoms with Gasteiger partial charge >= 0.3 is 0 Å². The fraction of sp³-hybridized carbons (Fsp3) is 0.417. The molecule has 0 aliphatic heterocycles. The number of rotatable bonds is 1. The first kappa shape index (κ1) is 14.8. The number of carbonyl (C=O) groups is 1. The number of benzene rings is 1. The molecular formula is C12H17ClNO2-. The fourth-order valence-corrected chi connectivity index (χ4v) is 1.20. The summed E-state index contributed by atoms with van der Waals surface area (Å²) in [7, 11) is 1.60. The molecule has 2 rings (SSSR count). The second-order valence-electron chi connectivity index (χ2n) is 3.72. The summed E-state index contributed by atoms with van der Waals surface area (Å²) < 4.78 is 4.92. The van der Waals surface area contributed by atoms with Crippen LogP contribution in [0.3, 0.4) is 0 Å². The highest BCUT2D eigenvalue weighted by molar-refractivity contribution is 5.98. The van der Waals surface area contributed by atoms with Gasteiger partial charge in [-0.15, -0.1) is 0 Å². The van der Waals surface area contributed by atoms with Crippen molar-refractivity contribution in [2.45, 2.75) is 13.8 Å². The maximum absolute atomic E-state index is 10.2. The molecular weight excluding hydrogens is 226 g/mol.